The lowest BCUT2D eigenvalue weighted by Gasteiger charge is -2.11. The van der Waals surface area contributed by atoms with Crippen molar-refractivity contribution in [1.29, 1.82) is 5.26 Å². The summed E-state index contributed by atoms with van der Waals surface area (Å²) in [5, 5.41) is 13.0. The Balaban J connectivity index is 2.14. The lowest BCUT2D eigenvalue weighted by molar-refractivity contribution is -0.117. The molecule has 0 spiro atoms. The van der Waals surface area contributed by atoms with E-state index in [1.807, 2.05) is 26.0 Å². The fourth-order valence-corrected chi connectivity index (χ4v) is 3.15. The van der Waals surface area contributed by atoms with Crippen molar-refractivity contribution >= 4 is 51.1 Å². The van der Waals surface area contributed by atoms with Gasteiger partial charge in [-0.25, -0.2) is 0 Å². The number of nitrogens with one attached hydrogen (secondary N) is 1. The second-order valence-corrected chi connectivity index (χ2v) is 7.71. The van der Waals surface area contributed by atoms with Gasteiger partial charge in [-0.2, -0.15) is 5.26 Å². The number of hydrogen-bond acceptors (Lipinski definition) is 3. The molecule has 0 fully saturated rings. The van der Waals surface area contributed by atoms with E-state index < -0.39 is 5.91 Å². The molecule has 2 aromatic carbocycles. The topological polar surface area (TPSA) is 62.1 Å². The molecule has 2 aromatic rings. The molecule has 0 aliphatic carbocycles. The van der Waals surface area contributed by atoms with Crippen molar-refractivity contribution < 1.29 is 9.53 Å². The van der Waals surface area contributed by atoms with Gasteiger partial charge in [0.15, 0.2) is 0 Å². The average molecular weight is 468 g/mol. The fourth-order valence-electron chi connectivity index (χ4n) is 2.17. The minimum atomic E-state index is -0.402. The summed E-state index contributed by atoms with van der Waals surface area (Å²) < 4.78 is 6.49. The third-order valence-corrected chi connectivity index (χ3v) is 4.66. The normalized spacial score (nSPS) is 11.2. The average Bonchev–Trinajstić information content (AvgIpc) is 2.59. The van der Waals surface area contributed by atoms with Crippen LogP contribution in [0.5, 0.6) is 5.75 Å². The number of hydrogen-bond donors (Lipinski definition) is 1. The number of amides is 1. The van der Waals surface area contributed by atoms with Crippen LogP contribution in [0, 0.1) is 11.3 Å². The van der Waals surface area contributed by atoms with Gasteiger partial charge < -0.3 is 10.1 Å². The Morgan fingerprint density at radius 3 is 2.63 bits per heavy atom. The van der Waals surface area contributed by atoms with Gasteiger partial charge in [-0.3, -0.25) is 4.79 Å². The lowest BCUT2D eigenvalue weighted by Crippen LogP contribution is -2.30. The van der Waals surface area contributed by atoms with E-state index in [1.54, 1.807) is 30.3 Å². The molecule has 2 rings (SSSR count). The van der Waals surface area contributed by atoms with Crippen LogP contribution in [0.2, 0.25) is 10.0 Å². The molecule has 0 heterocycles. The molecular formula is C20H17BrCl2N2O2. The van der Waals surface area contributed by atoms with Crippen molar-refractivity contribution in [2.75, 3.05) is 0 Å². The molecule has 0 aliphatic heterocycles. The molecule has 0 unspecified atom stereocenters. The predicted octanol–water partition coefficient (Wildman–Crippen LogP) is 5.77. The van der Waals surface area contributed by atoms with E-state index >= 15 is 0 Å². The van der Waals surface area contributed by atoms with Gasteiger partial charge in [-0.15, -0.1) is 0 Å². The van der Waals surface area contributed by atoms with Crippen molar-refractivity contribution in [1.82, 2.24) is 5.32 Å². The smallest absolute Gasteiger partial charge is 0.262 e. The Kier molecular flexibility index (Phi) is 7.73. The Labute approximate surface area is 176 Å². The maximum absolute atomic E-state index is 12.0. The quantitative estimate of drug-likeness (QED) is 0.433. The molecule has 27 heavy (non-hydrogen) atoms. The summed E-state index contributed by atoms with van der Waals surface area (Å²) in [7, 11) is 0. The Hall–Kier alpha value is -2.00. The first-order valence-electron chi connectivity index (χ1n) is 8.09. The van der Waals surface area contributed by atoms with E-state index in [2.05, 4.69) is 21.2 Å². The van der Waals surface area contributed by atoms with Crippen LogP contribution in [0.4, 0.5) is 0 Å². The molecular weight excluding hydrogens is 451 g/mol. The van der Waals surface area contributed by atoms with E-state index in [9.17, 15) is 10.1 Å². The van der Waals surface area contributed by atoms with Crippen molar-refractivity contribution in [2.24, 2.45) is 0 Å². The summed E-state index contributed by atoms with van der Waals surface area (Å²) in [6, 6.07) is 12.4. The number of nitriles is 1. The van der Waals surface area contributed by atoms with Crippen LogP contribution in [0.25, 0.3) is 6.08 Å². The Morgan fingerprint density at radius 1 is 1.30 bits per heavy atom. The summed E-state index contributed by atoms with van der Waals surface area (Å²) in [5.74, 6) is 0.213. The number of carbonyl (C=O) groups excluding carboxylic acids is 1. The molecule has 7 heteroatoms. The zero-order valence-electron chi connectivity index (χ0n) is 14.7. The molecule has 0 radical (unpaired) electrons. The van der Waals surface area contributed by atoms with Gasteiger partial charge in [0.05, 0.1) is 4.47 Å². The van der Waals surface area contributed by atoms with E-state index in [4.69, 9.17) is 27.9 Å². The molecule has 1 amide bonds. The maximum atomic E-state index is 12.0. The highest BCUT2D eigenvalue weighted by Gasteiger charge is 2.11. The van der Waals surface area contributed by atoms with Crippen LogP contribution >= 0.6 is 39.1 Å². The highest BCUT2D eigenvalue weighted by Crippen LogP contribution is 2.29. The molecule has 0 bridgehead atoms. The standard InChI is InChI=1S/C20H17BrCl2N2O2/c1-12(2)25-20(26)15(10-24)7-13-3-6-19(17(21)8-13)27-11-14-4-5-16(22)9-18(14)23/h3-9,12H,11H2,1-2H3,(H,25,26)/b15-7-. The van der Waals surface area contributed by atoms with E-state index in [-0.39, 0.29) is 18.2 Å². The number of benzene rings is 2. The third kappa shape index (κ3) is 6.28. The number of ether oxygens (including phenoxy) is 1. The van der Waals surface area contributed by atoms with Crippen molar-refractivity contribution in [2.45, 2.75) is 26.5 Å². The van der Waals surface area contributed by atoms with Crippen LogP contribution in [0.3, 0.4) is 0 Å². The predicted molar refractivity (Wildman–Crippen MR) is 112 cm³/mol. The number of carbonyl (C=O) groups is 1. The summed E-state index contributed by atoms with van der Waals surface area (Å²) in [6.07, 6.45) is 1.53. The highest BCUT2D eigenvalue weighted by atomic mass is 79.9. The minimum absolute atomic E-state index is 0.0391. The molecule has 0 saturated heterocycles. The highest BCUT2D eigenvalue weighted by molar-refractivity contribution is 9.10. The number of halogens is 3. The first-order valence-corrected chi connectivity index (χ1v) is 9.64. The van der Waals surface area contributed by atoms with Crippen LogP contribution in [0.15, 0.2) is 46.4 Å². The van der Waals surface area contributed by atoms with Crippen LogP contribution in [0.1, 0.15) is 25.0 Å². The summed E-state index contributed by atoms with van der Waals surface area (Å²) in [4.78, 5) is 12.0. The van der Waals surface area contributed by atoms with E-state index in [1.165, 1.54) is 6.08 Å². The van der Waals surface area contributed by atoms with Crippen LogP contribution in [-0.2, 0) is 11.4 Å². The van der Waals surface area contributed by atoms with Crippen molar-refractivity contribution in [3.8, 4) is 11.8 Å². The van der Waals surface area contributed by atoms with Gasteiger partial charge in [-0.1, -0.05) is 35.3 Å². The lowest BCUT2D eigenvalue weighted by atomic mass is 10.1. The van der Waals surface area contributed by atoms with Crippen LogP contribution < -0.4 is 10.1 Å². The SMILES string of the molecule is CC(C)NC(=O)/C(C#N)=C\c1ccc(OCc2ccc(Cl)cc2Cl)c(Br)c1. The van der Waals surface area contributed by atoms with Crippen molar-refractivity contribution in [3.63, 3.8) is 0 Å². The molecule has 1 N–H and O–H groups in total. The van der Waals surface area contributed by atoms with Gasteiger partial charge in [-0.05, 0) is 65.7 Å². The number of nitrogens with zero attached hydrogens (tertiary/aromatic N) is 1. The summed E-state index contributed by atoms with van der Waals surface area (Å²) in [5.41, 5.74) is 1.56. The third-order valence-electron chi connectivity index (χ3n) is 3.45. The molecule has 0 aromatic heterocycles. The van der Waals surface area contributed by atoms with Gasteiger partial charge in [0.1, 0.15) is 24.0 Å². The first kappa shape index (κ1) is 21.3. The Morgan fingerprint density at radius 2 is 2.04 bits per heavy atom. The molecule has 0 atom stereocenters. The molecule has 140 valence electrons. The first-order chi connectivity index (χ1) is 12.8. The van der Waals surface area contributed by atoms with Crippen LogP contribution in [-0.4, -0.2) is 11.9 Å². The monoisotopic (exact) mass is 466 g/mol. The van der Waals surface area contributed by atoms with Gasteiger partial charge in [0.2, 0.25) is 0 Å². The van der Waals surface area contributed by atoms with E-state index in [0.717, 1.165) is 5.56 Å². The summed E-state index contributed by atoms with van der Waals surface area (Å²) >= 11 is 15.5. The molecule has 0 saturated carbocycles. The molecule has 4 nitrogen and oxygen atoms in total. The van der Waals surface area contributed by atoms with Gasteiger partial charge in [0.25, 0.3) is 5.91 Å². The fraction of sp³-hybridized carbons (Fsp3) is 0.200. The maximum Gasteiger partial charge on any atom is 0.262 e. The second kappa shape index (κ2) is 9.80. The summed E-state index contributed by atoms with van der Waals surface area (Å²) in [6.45, 7) is 3.95. The largest absolute Gasteiger partial charge is 0.488 e. The zero-order valence-corrected chi connectivity index (χ0v) is 17.8. The second-order valence-electron chi connectivity index (χ2n) is 6.01. The minimum Gasteiger partial charge on any atom is -0.488 e. The molecule has 0 aliphatic rings. The zero-order chi connectivity index (χ0) is 20.0. The van der Waals surface area contributed by atoms with Crippen molar-refractivity contribution in [3.05, 3.63) is 67.6 Å². The van der Waals surface area contributed by atoms with Gasteiger partial charge >= 0.3 is 0 Å². The van der Waals surface area contributed by atoms with Gasteiger partial charge in [0, 0.05) is 21.7 Å². The van der Waals surface area contributed by atoms with E-state index in [0.29, 0.717) is 25.8 Å². The Bertz CT molecular complexity index is 921. The number of rotatable bonds is 6.